The molecule has 1 aliphatic heterocycles. The number of ether oxygens (including phenoxy) is 3. The third-order valence-electron chi connectivity index (χ3n) is 5.93. The minimum atomic E-state index is -0.171. The summed E-state index contributed by atoms with van der Waals surface area (Å²) >= 11 is 0. The maximum atomic E-state index is 12.1. The Kier molecular flexibility index (Phi) is 8.04. The Morgan fingerprint density at radius 3 is 2.51 bits per heavy atom. The maximum Gasteiger partial charge on any atom is 0.257 e. The number of methoxy groups -OCH3 is 2. The highest BCUT2D eigenvalue weighted by molar-refractivity contribution is 5.77. The van der Waals surface area contributed by atoms with Crippen molar-refractivity contribution in [1.29, 1.82) is 0 Å². The second-order valence-electron chi connectivity index (χ2n) is 8.26. The van der Waals surface area contributed by atoms with E-state index in [4.69, 9.17) is 14.2 Å². The fraction of sp³-hybridized carbons (Fsp3) is 0.400. The Morgan fingerprint density at radius 2 is 1.80 bits per heavy atom. The van der Waals surface area contributed by atoms with Gasteiger partial charge in [0.2, 0.25) is 5.75 Å². The number of hydrogen-bond donors (Lipinski definition) is 2. The van der Waals surface area contributed by atoms with Gasteiger partial charge >= 0.3 is 0 Å². The van der Waals surface area contributed by atoms with E-state index in [9.17, 15) is 9.90 Å². The lowest BCUT2D eigenvalue weighted by Crippen LogP contribution is -2.31. The molecule has 0 radical (unpaired) electrons. The van der Waals surface area contributed by atoms with Crippen LogP contribution in [0, 0.1) is 0 Å². The van der Waals surface area contributed by atoms with Crippen molar-refractivity contribution in [1.82, 2.24) is 25.0 Å². The van der Waals surface area contributed by atoms with Crippen molar-refractivity contribution in [3.8, 4) is 23.0 Å². The highest BCUT2D eigenvalue weighted by atomic mass is 16.5. The fourth-order valence-electron chi connectivity index (χ4n) is 4.10. The van der Waals surface area contributed by atoms with Crippen molar-refractivity contribution in [3.63, 3.8) is 0 Å². The van der Waals surface area contributed by atoms with E-state index in [0.717, 1.165) is 43.3 Å². The van der Waals surface area contributed by atoms with Crippen LogP contribution >= 0.6 is 0 Å². The number of aromatic hydroxyl groups is 1. The number of para-hydroxylation sites is 1. The number of phenols is 1. The summed E-state index contributed by atoms with van der Waals surface area (Å²) in [6, 6.07) is 12.9. The smallest absolute Gasteiger partial charge is 0.257 e. The third-order valence-corrected chi connectivity index (χ3v) is 5.93. The zero-order chi connectivity index (χ0) is 24.6. The summed E-state index contributed by atoms with van der Waals surface area (Å²) < 4.78 is 18.2. The quantitative estimate of drug-likeness (QED) is 0.451. The summed E-state index contributed by atoms with van der Waals surface area (Å²) in [6.07, 6.45) is 1.37. The van der Waals surface area contributed by atoms with Crippen molar-refractivity contribution in [2.45, 2.75) is 25.9 Å². The molecule has 10 heteroatoms. The molecule has 186 valence electrons. The summed E-state index contributed by atoms with van der Waals surface area (Å²) in [6.45, 7) is 3.54. The number of hydrogen-bond acceptors (Lipinski definition) is 8. The van der Waals surface area contributed by atoms with E-state index in [-0.39, 0.29) is 18.3 Å². The topological polar surface area (TPSA) is 111 Å². The van der Waals surface area contributed by atoms with Gasteiger partial charge in [0.05, 0.1) is 14.2 Å². The van der Waals surface area contributed by atoms with Gasteiger partial charge in [-0.1, -0.05) is 18.2 Å². The first-order valence-electron chi connectivity index (χ1n) is 11.6. The molecule has 10 nitrogen and oxygen atoms in total. The largest absolute Gasteiger partial charge is 0.502 e. The minimum Gasteiger partial charge on any atom is -0.502 e. The van der Waals surface area contributed by atoms with Crippen LogP contribution < -0.4 is 19.5 Å². The van der Waals surface area contributed by atoms with Crippen LogP contribution in [0.3, 0.4) is 0 Å². The summed E-state index contributed by atoms with van der Waals surface area (Å²) in [5.74, 6) is 3.09. The van der Waals surface area contributed by atoms with Crippen LogP contribution in [0.5, 0.6) is 23.0 Å². The second kappa shape index (κ2) is 11.6. The molecule has 2 N–H and O–H groups in total. The number of carbonyl (C=O) groups is 1. The first kappa shape index (κ1) is 24.3. The molecule has 1 aliphatic rings. The average molecular weight is 482 g/mol. The predicted molar refractivity (Wildman–Crippen MR) is 129 cm³/mol. The van der Waals surface area contributed by atoms with E-state index >= 15 is 0 Å². The molecule has 0 fully saturated rings. The lowest BCUT2D eigenvalue weighted by atomic mass is 10.1. The van der Waals surface area contributed by atoms with Crippen molar-refractivity contribution >= 4 is 5.91 Å². The average Bonchev–Trinajstić information content (AvgIpc) is 3.15. The van der Waals surface area contributed by atoms with Gasteiger partial charge in [-0.25, -0.2) is 0 Å². The summed E-state index contributed by atoms with van der Waals surface area (Å²) in [4.78, 5) is 14.4. The molecule has 1 amide bonds. The molecule has 0 spiro atoms. The van der Waals surface area contributed by atoms with Gasteiger partial charge < -0.3 is 29.2 Å². The Hall–Kier alpha value is -3.79. The highest BCUT2D eigenvalue weighted by Gasteiger charge is 2.20. The maximum absolute atomic E-state index is 12.1. The summed E-state index contributed by atoms with van der Waals surface area (Å²) in [5.41, 5.74) is 0.995. The highest BCUT2D eigenvalue weighted by Crippen LogP contribution is 2.37. The van der Waals surface area contributed by atoms with Gasteiger partial charge in [0.25, 0.3) is 5.91 Å². The number of aromatic nitrogens is 3. The number of fused-ring (bicyclic) bond motifs is 1. The number of phenolic OH excluding ortho intramolecular Hbond substituents is 1. The number of nitrogens with zero attached hydrogens (tertiary/aromatic N) is 4. The molecular weight excluding hydrogens is 450 g/mol. The molecule has 4 rings (SSSR count). The van der Waals surface area contributed by atoms with Crippen LogP contribution in [0.2, 0.25) is 0 Å². The lowest BCUT2D eigenvalue weighted by molar-refractivity contribution is -0.123. The first-order chi connectivity index (χ1) is 17.1. The van der Waals surface area contributed by atoms with Gasteiger partial charge in [-0.05, 0) is 29.8 Å². The van der Waals surface area contributed by atoms with E-state index in [0.29, 0.717) is 36.8 Å². The molecule has 0 bridgehead atoms. The van der Waals surface area contributed by atoms with Gasteiger partial charge in [-0.3, -0.25) is 9.69 Å². The van der Waals surface area contributed by atoms with Gasteiger partial charge in [-0.15, -0.1) is 10.2 Å². The minimum absolute atomic E-state index is 0.00388. The SMILES string of the molecule is COc1cc(CN2CCc3nnc(CCNC(=O)COc4ccccc4)n3CC2)cc(OC)c1O. The normalized spacial score (nSPS) is 13.5. The van der Waals surface area contributed by atoms with Crippen molar-refractivity contribution < 1.29 is 24.1 Å². The number of benzene rings is 2. The first-order valence-corrected chi connectivity index (χ1v) is 11.6. The Morgan fingerprint density at radius 1 is 1.06 bits per heavy atom. The van der Waals surface area contributed by atoms with Crippen LogP contribution in [0.1, 0.15) is 17.2 Å². The zero-order valence-electron chi connectivity index (χ0n) is 20.1. The Balaban J connectivity index is 1.28. The van der Waals surface area contributed by atoms with Crippen molar-refractivity contribution in [2.75, 3.05) is 40.5 Å². The monoisotopic (exact) mass is 481 g/mol. The van der Waals surface area contributed by atoms with Gasteiger partial charge in [0, 0.05) is 45.6 Å². The number of nitrogens with one attached hydrogen (secondary N) is 1. The molecule has 3 aromatic rings. The Bertz CT molecular complexity index is 1110. The molecule has 0 unspecified atom stereocenters. The molecule has 35 heavy (non-hydrogen) atoms. The number of rotatable bonds is 10. The van der Waals surface area contributed by atoms with Gasteiger partial charge in [-0.2, -0.15) is 0 Å². The second-order valence-corrected chi connectivity index (χ2v) is 8.26. The van der Waals surface area contributed by atoms with E-state index in [1.165, 1.54) is 14.2 Å². The molecule has 2 aromatic carbocycles. The van der Waals surface area contributed by atoms with Crippen LogP contribution in [-0.4, -0.2) is 71.1 Å². The van der Waals surface area contributed by atoms with E-state index in [1.54, 1.807) is 0 Å². The van der Waals surface area contributed by atoms with E-state index in [2.05, 4.69) is 25.0 Å². The Labute approximate surface area is 204 Å². The third kappa shape index (κ3) is 6.21. The molecule has 0 saturated heterocycles. The molecular formula is C25H31N5O5. The fourth-order valence-corrected chi connectivity index (χ4v) is 4.10. The molecule has 0 aliphatic carbocycles. The molecule has 1 aromatic heterocycles. The molecule has 0 saturated carbocycles. The number of carbonyl (C=O) groups excluding carboxylic acids is 1. The standard InChI is InChI=1S/C25H31N5O5/c1-33-20-14-18(15-21(34-2)25(20)32)16-29-11-9-23-28-27-22(30(23)13-12-29)8-10-26-24(31)17-35-19-6-4-3-5-7-19/h3-7,14-15,32H,8-13,16-17H2,1-2H3,(H,26,31). The van der Waals surface area contributed by atoms with Gasteiger partial charge in [0.1, 0.15) is 17.4 Å². The number of amides is 1. The van der Waals surface area contributed by atoms with Crippen LogP contribution in [0.25, 0.3) is 0 Å². The zero-order valence-corrected chi connectivity index (χ0v) is 20.1. The molecule has 0 atom stereocenters. The van der Waals surface area contributed by atoms with E-state index in [1.807, 2.05) is 42.5 Å². The predicted octanol–water partition coefficient (Wildman–Crippen LogP) is 1.80. The summed E-state index contributed by atoms with van der Waals surface area (Å²) in [5, 5.41) is 21.8. The summed E-state index contributed by atoms with van der Waals surface area (Å²) in [7, 11) is 3.05. The van der Waals surface area contributed by atoms with Crippen molar-refractivity contribution in [2.24, 2.45) is 0 Å². The van der Waals surface area contributed by atoms with Gasteiger partial charge in [0.15, 0.2) is 18.1 Å². The van der Waals surface area contributed by atoms with Crippen LogP contribution in [-0.2, 0) is 30.7 Å². The lowest BCUT2D eigenvalue weighted by Gasteiger charge is -2.21. The van der Waals surface area contributed by atoms with Crippen LogP contribution in [0.4, 0.5) is 0 Å². The van der Waals surface area contributed by atoms with Crippen LogP contribution in [0.15, 0.2) is 42.5 Å². The van der Waals surface area contributed by atoms with E-state index < -0.39 is 0 Å². The molecule has 2 heterocycles. The van der Waals surface area contributed by atoms with Crippen molar-refractivity contribution in [3.05, 3.63) is 59.7 Å².